The highest BCUT2D eigenvalue weighted by atomic mass is 19.4. The van der Waals surface area contributed by atoms with Crippen molar-refractivity contribution in [1.82, 2.24) is 15.1 Å². The maximum absolute atomic E-state index is 13.6. The van der Waals surface area contributed by atoms with Gasteiger partial charge in [-0.05, 0) is 50.7 Å². The second-order valence-electron chi connectivity index (χ2n) is 10.5. The summed E-state index contributed by atoms with van der Waals surface area (Å²) in [6.45, 7) is 2.03. The predicted molar refractivity (Wildman–Crippen MR) is 138 cm³/mol. The van der Waals surface area contributed by atoms with Gasteiger partial charge in [0.05, 0.1) is 6.61 Å². The van der Waals surface area contributed by atoms with Crippen molar-refractivity contribution in [3.8, 4) is 17.0 Å². The topological polar surface area (TPSA) is 111 Å². The van der Waals surface area contributed by atoms with Crippen LogP contribution in [-0.4, -0.2) is 51.3 Å². The lowest BCUT2D eigenvalue weighted by Gasteiger charge is -2.30. The number of alkyl halides is 6. The highest BCUT2D eigenvalue weighted by Gasteiger charge is 2.41. The fraction of sp³-hybridized carbons (Fsp3) is 0.500. The van der Waals surface area contributed by atoms with E-state index in [-0.39, 0.29) is 48.4 Å². The van der Waals surface area contributed by atoms with E-state index in [0.29, 0.717) is 43.2 Å². The zero-order valence-corrected chi connectivity index (χ0v) is 22.9. The minimum Gasteiger partial charge on any atom is -0.478 e. The number of rotatable bonds is 11. The van der Waals surface area contributed by atoms with Crippen LogP contribution in [-0.2, 0) is 17.5 Å². The molecular weight excluding hydrogens is 586 g/mol. The van der Waals surface area contributed by atoms with Crippen molar-refractivity contribution in [1.29, 1.82) is 0 Å². The number of ether oxygens (including phenoxy) is 2. The number of carbonyl (C=O) groups is 1. The van der Waals surface area contributed by atoms with E-state index in [1.54, 1.807) is 11.0 Å². The van der Waals surface area contributed by atoms with E-state index in [4.69, 9.17) is 9.26 Å². The number of hydrogen-bond donors (Lipinski definition) is 1. The molecular formula is C28H28F6N4O5. The zero-order valence-electron chi connectivity index (χ0n) is 22.9. The molecule has 1 aliphatic heterocycles. The number of aromatic nitrogens is 3. The third kappa shape index (κ3) is 6.86. The highest BCUT2D eigenvalue weighted by molar-refractivity contribution is 5.88. The predicted octanol–water partition coefficient (Wildman–Crippen LogP) is 6.98. The van der Waals surface area contributed by atoms with Gasteiger partial charge in [-0.15, -0.1) is 13.2 Å². The summed E-state index contributed by atoms with van der Waals surface area (Å²) in [5.41, 5.74) is -1.74. The summed E-state index contributed by atoms with van der Waals surface area (Å²) in [6, 6.07) is 5.17. The van der Waals surface area contributed by atoms with Crippen molar-refractivity contribution in [2.75, 3.05) is 11.5 Å². The molecule has 0 amide bonds. The second-order valence-corrected chi connectivity index (χ2v) is 10.5. The van der Waals surface area contributed by atoms with Crippen LogP contribution in [0.25, 0.3) is 11.3 Å². The normalized spacial score (nSPS) is 19.2. The fourth-order valence-electron chi connectivity index (χ4n) is 5.45. The molecule has 15 heteroatoms. The maximum Gasteiger partial charge on any atom is 0.573 e. The summed E-state index contributed by atoms with van der Waals surface area (Å²) in [7, 11) is 0. The molecule has 43 heavy (non-hydrogen) atoms. The number of benzene rings is 1. The van der Waals surface area contributed by atoms with Gasteiger partial charge in [-0.2, -0.15) is 13.2 Å². The van der Waals surface area contributed by atoms with E-state index in [2.05, 4.69) is 19.9 Å². The molecule has 1 aliphatic carbocycles. The number of aromatic carboxylic acids is 1. The average Bonchev–Trinajstić information content (AvgIpc) is 3.57. The van der Waals surface area contributed by atoms with Gasteiger partial charge in [0.25, 0.3) is 0 Å². The number of nitrogens with zero attached hydrogens (tertiary/aromatic N) is 4. The lowest BCUT2D eigenvalue weighted by Crippen LogP contribution is -2.38. The molecule has 3 aromatic rings. The zero-order chi connectivity index (χ0) is 30.9. The van der Waals surface area contributed by atoms with Gasteiger partial charge >= 0.3 is 18.5 Å². The van der Waals surface area contributed by atoms with Crippen LogP contribution >= 0.6 is 0 Å². The molecule has 2 aliphatic rings. The number of carboxylic acid groups (broad SMARTS) is 1. The minimum atomic E-state index is -4.98. The van der Waals surface area contributed by atoms with Crippen LogP contribution in [0.2, 0.25) is 0 Å². The minimum absolute atomic E-state index is 0.0169. The lowest BCUT2D eigenvalue weighted by molar-refractivity contribution is -0.274. The molecule has 0 spiro atoms. The van der Waals surface area contributed by atoms with Gasteiger partial charge in [0.2, 0.25) is 5.95 Å². The number of para-hydroxylation sites is 1. The molecule has 0 radical (unpaired) electrons. The number of anilines is 1. The van der Waals surface area contributed by atoms with E-state index in [1.165, 1.54) is 18.2 Å². The molecule has 1 saturated carbocycles. The van der Waals surface area contributed by atoms with Gasteiger partial charge in [-0.25, -0.2) is 14.8 Å². The van der Waals surface area contributed by atoms with Gasteiger partial charge in [0.1, 0.15) is 22.8 Å². The molecule has 232 valence electrons. The molecule has 1 N–H and O–H groups in total. The summed E-state index contributed by atoms with van der Waals surface area (Å²) in [6.07, 6.45) is -5.23. The average molecular weight is 615 g/mol. The van der Waals surface area contributed by atoms with E-state index in [0.717, 1.165) is 12.8 Å². The Labute approximate surface area is 241 Å². The molecule has 1 unspecified atom stereocenters. The number of hydrogen-bond acceptors (Lipinski definition) is 8. The van der Waals surface area contributed by atoms with Gasteiger partial charge in [-0.3, -0.25) is 0 Å². The Morgan fingerprint density at radius 2 is 1.81 bits per heavy atom. The summed E-state index contributed by atoms with van der Waals surface area (Å²) < 4.78 is 95.7. The molecule has 1 aromatic carbocycles. The van der Waals surface area contributed by atoms with E-state index >= 15 is 0 Å². The lowest BCUT2D eigenvalue weighted by atomic mass is 10.0. The third-order valence-corrected chi connectivity index (χ3v) is 7.57. The molecule has 2 fully saturated rings. The molecule has 0 bridgehead atoms. The first-order chi connectivity index (χ1) is 20.4. The Bertz CT molecular complexity index is 1460. The summed E-state index contributed by atoms with van der Waals surface area (Å²) in [4.78, 5) is 20.6. The van der Waals surface area contributed by atoms with E-state index in [9.17, 15) is 36.2 Å². The van der Waals surface area contributed by atoms with Crippen molar-refractivity contribution >= 4 is 11.9 Å². The van der Waals surface area contributed by atoms with Crippen LogP contribution in [0.4, 0.5) is 32.3 Å². The standard InChI is InChI=1S/C28H28F6N4O5/c1-2-16-9-10-17(38(16)26-35-13-19(25(39)40)24(36-26)27(29,30)31)11-12-41-14-20-22(37-43-23(20)15-7-8-15)18-5-3-4-6-21(18)42-28(32,33)34/h3-6,13,15-17H,2,7-12,14H2,1H3,(H,39,40)/t16?,17-/m0/s1. The molecule has 2 aromatic heterocycles. The van der Waals surface area contributed by atoms with Crippen LogP contribution in [0.1, 0.15) is 78.7 Å². The highest BCUT2D eigenvalue weighted by Crippen LogP contribution is 2.46. The van der Waals surface area contributed by atoms with E-state index in [1.807, 2.05) is 6.92 Å². The first-order valence-corrected chi connectivity index (χ1v) is 13.7. The Hall–Kier alpha value is -3.88. The van der Waals surface area contributed by atoms with Gasteiger partial charge in [0.15, 0.2) is 5.69 Å². The quantitative estimate of drug-likeness (QED) is 0.181. The van der Waals surface area contributed by atoms with Gasteiger partial charge < -0.3 is 24.0 Å². The molecule has 3 heterocycles. The maximum atomic E-state index is 13.6. The third-order valence-electron chi connectivity index (χ3n) is 7.57. The van der Waals surface area contributed by atoms with Crippen LogP contribution in [0.15, 0.2) is 35.0 Å². The Balaban J connectivity index is 1.32. The number of carboxylic acids is 1. The first-order valence-electron chi connectivity index (χ1n) is 13.7. The Morgan fingerprint density at radius 3 is 2.47 bits per heavy atom. The van der Waals surface area contributed by atoms with E-state index < -0.39 is 35.5 Å². The first kappa shape index (κ1) is 30.6. The van der Waals surface area contributed by atoms with Crippen molar-refractivity contribution < 1.29 is 50.2 Å². The van der Waals surface area contributed by atoms with Crippen molar-refractivity contribution in [3.63, 3.8) is 0 Å². The Morgan fingerprint density at radius 1 is 1.09 bits per heavy atom. The van der Waals surface area contributed by atoms with Crippen LogP contribution in [0.3, 0.4) is 0 Å². The Kier molecular flexibility index (Phi) is 8.54. The van der Waals surface area contributed by atoms with Crippen LogP contribution in [0.5, 0.6) is 5.75 Å². The SMILES string of the molecule is CCC1CC[C@@H](CCOCc2c(-c3ccccc3OC(F)(F)F)noc2C2CC2)N1c1ncc(C(=O)O)c(C(F)(F)F)n1. The molecule has 9 nitrogen and oxygen atoms in total. The summed E-state index contributed by atoms with van der Waals surface area (Å²) in [5.74, 6) is -1.78. The van der Waals surface area contributed by atoms with Crippen molar-refractivity contribution in [2.24, 2.45) is 0 Å². The molecule has 1 saturated heterocycles. The van der Waals surface area contributed by atoms with Gasteiger partial charge in [0, 0.05) is 41.9 Å². The second kappa shape index (κ2) is 12.0. The monoisotopic (exact) mass is 614 g/mol. The molecule has 2 atom stereocenters. The van der Waals surface area contributed by atoms with Crippen LogP contribution in [0, 0.1) is 0 Å². The fourth-order valence-corrected chi connectivity index (χ4v) is 5.45. The summed E-state index contributed by atoms with van der Waals surface area (Å²) in [5, 5.41) is 13.2. The van der Waals surface area contributed by atoms with Gasteiger partial charge in [-0.1, -0.05) is 24.2 Å². The summed E-state index contributed by atoms with van der Waals surface area (Å²) >= 11 is 0. The smallest absolute Gasteiger partial charge is 0.478 e. The van der Waals surface area contributed by atoms with Crippen LogP contribution < -0.4 is 9.64 Å². The number of halogens is 6. The van der Waals surface area contributed by atoms with Crippen molar-refractivity contribution in [2.45, 2.75) is 82.6 Å². The van der Waals surface area contributed by atoms with Crippen molar-refractivity contribution in [3.05, 3.63) is 53.0 Å². The largest absolute Gasteiger partial charge is 0.573 e. The molecule has 5 rings (SSSR count).